The van der Waals surface area contributed by atoms with E-state index in [-0.39, 0.29) is 13.1 Å². The fourth-order valence-electron chi connectivity index (χ4n) is 1.32. The smallest absolute Gasteiger partial charge is 0.137 e. The van der Waals surface area contributed by atoms with Crippen LogP contribution in [-0.2, 0) is 19.0 Å². The Balaban J connectivity index is 0. The molecule has 0 amide bonds. The molecule has 0 rings (SSSR count). The summed E-state index contributed by atoms with van der Waals surface area (Å²) in [4.78, 5) is 11.3. The first-order valence-electron chi connectivity index (χ1n) is 7.15. The van der Waals surface area contributed by atoms with E-state index in [0.29, 0.717) is 46.1 Å². The molecule has 0 aromatic rings. The van der Waals surface area contributed by atoms with E-state index in [4.69, 9.17) is 14.2 Å². The number of rotatable bonds is 14. The Morgan fingerprint density at radius 3 is 2.05 bits per heavy atom. The number of Topliss-reactive ketones (excluding diaryl/α,β-unsaturated/α-hetero) is 1. The molecule has 0 heterocycles. The van der Waals surface area contributed by atoms with Gasteiger partial charge in [-0.25, -0.2) is 0 Å². The fraction of sp³-hybridized carbons (Fsp3) is 0.929. The number of hydrogen-bond acceptors (Lipinski definition) is 5. The molecule has 0 aromatic carbocycles. The number of hydrogen-bond donors (Lipinski definition) is 1. The zero-order valence-corrected chi connectivity index (χ0v) is 12.6. The normalized spacial score (nSPS) is 11.2. The molecule has 5 nitrogen and oxygen atoms in total. The summed E-state index contributed by atoms with van der Waals surface area (Å²) < 4.78 is 16.0. The zero-order valence-electron chi connectivity index (χ0n) is 12.6. The highest BCUT2D eigenvalue weighted by Gasteiger charge is 2.05. The van der Waals surface area contributed by atoms with Crippen molar-refractivity contribution in [1.82, 2.24) is 5.32 Å². The Labute approximate surface area is 118 Å². The summed E-state index contributed by atoms with van der Waals surface area (Å²) in [5.74, 6) is 0.342. The predicted molar refractivity (Wildman–Crippen MR) is 77.6 cm³/mol. The standard InChI is InChI=1S/C14H29NO4.H2/c1-4-15-6-8-18-10-12-19-11-9-17-7-5-14(16)13(2)3;/h13,15H,4-12H2,1-3H3;1H. The minimum Gasteiger partial charge on any atom is -0.379 e. The van der Waals surface area contributed by atoms with Gasteiger partial charge in [0.05, 0.1) is 39.6 Å². The van der Waals surface area contributed by atoms with Crippen LogP contribution in [0.4, 0.5) is 0 Å². The van der Waals surface area contributed by atoms with Crippen LogP contribution in [0.15, 0.2) is 0 Å². The Kier molecular flexibility index (Phi) is 13.6. The lowest BCUT2D eigenvalue weighted by atomic mass is 10.1. The number of ether oxygens (including phenoxy) is 3. The molecule has 116 valence electrons. The van der Waals surface area contributed by atoms with Gasteiger partial charge in [-0.1, -0.05) is 20.8 Å². The lowest BCUT2D eigenvalue weighted by molar-refractivity contribution is -0.123. The van der Waals surface area contributed by atoms with E-state index in [2.05, 4.69) is 12.2 Å². The molecule has 1 N–H and O–H groups in total. The minimum atomic E-state index is 0. The molecule has 0 aliphatic heterocycles. The van der Waals surface area contributed by atoms with Gasteiger partial charge in [0.2, 0.25) is 0 Å². The number of carbonyl (C=O) groups excluding carboxylic acids is 1. The third-order valence-electron chi connectivity index (χ3n) is 2.55. The molecular formula is C14H31NO4. The highest BCUT2D eigenvalue weighted by Crippen LogP contribution is 1.98. The number of likely N-dealkylation sites (N-methyl/N-ethyl adjacent to an activating group) is 1. The predicted octanol–water partition coefficient (Wildman–Crippen LogP) is 1.51. The van der Waals surface area contributed by atoms with Gasteiger partial charge in [0.1, 0.15) is 5.78 Å². The molecule has 0 atom stereocenters. The van der Waals surface area contributed by atoms with Gasteiger partial charge in [0.15, 0.2) is 0 Å². The molecule has 5 heteroatoms. The Hall–Kier alpha value is -0.490. The largest absolute Gasteiger partial charge is 0.379 e. The van der Waals surface area contributed by atoms with Crippen molar-refractivity contribution in [3.63, 3.8) is 0 Å². The van der Waals surface area contributed by atoms with Gasteiger partial charge in [-0.3, -0.25) is 4.79 Å². The monoisotopic (exact) mass is 277 g/mol. The van der Waals surface area contributed by atoms with Crippen LogP contribution < -0.4 is 5.32 Å². The van der Waals surface area contributed by atoms with Crippen molar-refractivity contribution in [3.05, 3.63) is 0 Å². The molecule has 0 bridgehead atoms. The number of nitrogens with one attached hydrogen (secondary N) is 1. The van der Waals surface area contributed by atoms with Crippen LogP contribution in [0.2, 0.25) is 0 Å². The second kappa shape index (κ2) is 13.9. The van der Waals surface area contributed by atoms with E-state index in [9.17, 15) is 4.79 Å². The van der Waals surface area contributed by atoms with Gasteiger partial charge in [-0.15, -0.1) is 0 Å². The average molecular weight is 277 g/mol. The number of carbonyl (C=O) groups is 1. The van der Waals surface area contributed by atoms with Crippen molar-refractivity contribution < 1.29 is 20.4 Å². The lowest BCUT2D eigenvalue weighted by Gasteiger charge is -2.07. The minimum absolute atomic E-state index is 0. The van der Waals surface area contributed by atoms with Gasteiger partial charge >= 0.3 is 0 Å². The van der Waals surface area contributed by atoms with Crippen molar-refractivity contribution >= 4 is 5.78 Å². The van der Waals surface area contributed by atoms with E-state index in [0.717, 1.165) is 13.1 Å². The maximum Gasteiger partial charge on any atom is 0.137 e. The molecule has 0 saturated carbocycles. The molecule has 19 heavy (non-hydrogen) atoms. The van der Waals surface area contributed by atoms with Gasteiger partial charge in [0, 0.05) is 20.3 Å². The summed E-state index contributed by atoms with van der Waals surface area (Å²) in [6.07, 6.45) is 0.491. The van der Waals surface area contributed by atoms with Crippen LogP contribution in [-0.4, -0.2) is 58.5 Å². The third kappa shape index (κ3) is 13.7. The van der Waals surface area contributed by atoms with Gasteiger partial charge < -0.3 is 19.5 Å². The van der Waals surface area contributed by atoms with E-state index >= 15 is 0 Å². The maximum absolute atomic E-state index is 11.3. The van der Waals surface area contributed by atoms with Crippen LogP contribution in [0.1, 0.15) is 28.6 Å². The van der Waals surface area contributed by atoms with E-state index in [1.54, 1.807) is 0 Å². The summed E-state index contributed by atoms with van der Waals surface area (Å²) in [7, 11) is 0. The first kappa shape index (κ1) is 18.5. The van der Waals surface area contributed by atoms with Gasteiger partial charge in [-0.05, 0) is 6.54 Å². The van der Waals surface area contributed by atoms with Crippen molar-refractivity contribution in [3.8, 4) is 0 Å². The molecule has 0 radical (unpaired) electrons. The van der Waals surface area contributed by atoms with Crippen LogP contribution in [0, 0.1) is 5.92 Å². The second-order valence-corrected chi connectivity index (χ2v) is 4.56. The molecule has 0 unspecified atom stereocenters. The highest BCUT2D eigenvalue weighted by atomic mass is 16.5. The highest BCUT2D eigenvalue weighted by molar-refractivity contribution is 5.80. The zero-order chi connectivity index (χ0) is 14.3. The maximum atomic E-state index is 11.3. The molecule has 0 aliphatic rings. The van der Waals surface area contributed by atoms with Crippen LogP contribution in [0.25, 0.3) is 0 Å². The number of ketones is 1. The van der Waals surface area contributed by atoms with E-state index < -0.39 is 0 Å². The van der Waals surface area contributed by atoms with Crippen LogP contribution >= 0.6 is 0 Å². The van der Waals surface area contributed by atoms with Crippen LogP contribution in [0.3, 0.4) is 0 Å². The Morgan fingerprint density at radius 1 is 1.00 bits per heavy atom. The van der Waals surface area contributed by atoms with E-state index in [1.165, 1.54) is 0 Å². The third-order valence-corrected chi connectivity index (χ3v) is 2.55. The summed E-state index contributed by atoms with van der Waals surface area (Å²) >= 11 is 0. The topological polar surface area (TPSA) is 56.8 Å². The summed E-state index contributed by atoms with van der Waals surface area (Å²) in [6, 6.07) is 0. The summed E-state index contributed by atoms with van der Waals surface area (Å²) in [5, 5.41) is 3.18. The van der Waals surface area contributed by atoms with Crippen molar-refractivity contribution in [2.75, 3.05) is 52.7 Å². The van der Waals surface area contributed by atoms with Crippen LogP contribution in [0.5, 0.6) is 0 Å². The summed E-state index contributed by atoms with van der Waals surface area (Å²) in [6.45, 7) is 11.2. The molecule has 0 spiro atoms. The molecule has 0 aromatic heterocycles. The quantitative estimate of drug-likeness (QED) is 0.488. The van der Waals surface area contributed by atoms with E-state index in [1.807, 2.05) is 13.8 Å². The lowest BCUT2D eigenvalue weighted by Crippen LogP contribution is -2.20. The van der Waals surface area contributed by atoms with Crippen molar-refractivity contribution in [2.45, 2.75) is 27.2 Å². The average Bonchev–Trinajstić information content (AvgIpc) is 2.39. The van der Waals surface area contributed by atoms with Gasteiger partial charge in [0.25, 0.3) is 0 Å². The van der Waals surface area contributed by atoms with Gasteiger partial charge in [-0.2, -0.15) is 0 Å². The Bertz CT molecular complexity index is 215. The first-order valence-corrected chi connectivity index (χ1v) is 7.15. The SMILES string of the molecule is CCNCCOCCOCCOCCC(=O)C(C)C.[HH]. The summed E-state index contributed by atoms with van der Waals surface area (Å²) in [5.41, 5.74) is 0. The second-order valence-electron chi connectivity index (χ2n) is 4.56. The van der Waals surface area contributed by atoms with Crippen molar-refractivity contribution in [2.24, 2.45) is 5.92 Å². The molecule has 0 fully saturated rings. The van der Waals surface area contributed by atoms with Crippen molar-refractivity contribution in [1.29, 1.82) is 0 Å². The molecule has 0 aliphatic carbocycles. The first-order chi connectivity index (χ1) is 9.18. The molecular weight excluding hydrogens is 246 g/mol. The fourth-order valence-corrected chi connectivity index (χ4v) is 1.32. The Morgan fingerprint density at radius 2 is 1.53 bits per heavy atom. The molecule has 0 saturated heterocycles.